The fraction of sp³-hybridized carbons (Fsp3) is 0.273. The van der Waals surface area contributed by atoms with Crippen LogP contribution in [0.25, 0.3) is 5.69 Å². The van der Waals surface area contributed by atoms with E-state index in [0.717, 1.165) is 11.4 Å². The molecule has 2 rings (SSSR count). The number of nitrogens with zero attached hydrogens (tertiary/aromatic N) is 4. The van der Waals surface area contributed by atoms with Gasteiger partial charge in [-0.25, -0.2) is 4.68 Å². The summed E-state index contributed by atoms with van der Waals surface area (Å²) in [5.74, 6) is 0. The Morgan fingerprint density at radius 3 is 2.72 bits per heavy atom. The SMILES string of the molecule is CCOCc1cn(-c2ccc([N+](=O)[O-])cc2)nn1. The van der Waals surface area contributed by atoms with E-state index in [1.54, 1.807) is 23.0 Å². The molecule has 18 heavy (non-hydrogen) atoms. The van der Waals surface area contributed by atoms with E-state index < -0.39 is 4.92 Å². The second-order valence-electron chi connectivity index (χ2n) is 3.57. The Balaban J connectivity index is 2.15. The summed E-state index contributed by atoms with van der Waals surface area (Å²) < 4.78 is 6.77. The summed E-state index contributed by atoms with van der Waals surface area (Å²) in [6, 6.07) is 6.10. The van der Waals surface area contributed by atoms with Crippen LogP contribution in [0.5, 0.6) is 0 Å². The summed E-state index contributed by atoms with van der Waals surface area (Å²) in [5, 5.41) is 18.4. The average Bonchev–Trinajstić information content (AvgIpc) is 2.85. The number of hydrogen-bond donors (Lipinski definition) is 0. The fourth-order valence-corrected chi connectivity index (χ4v) is 1.42. The second kappa shape index (κ2) is 5.37. The highest BCUT2D eigenvalue weighted by atomic mass is 16.6. The van der Waals surface area contributed by atoms with Crippen molar-refractivity contribution in [2.45, 2.75) is 13.5 Å². The summed E-state index contributed by atoms with van der Waals surface area (Å²) >= 11 is 0. The Hall–Kier alpha value is -2.28. The van der Waals surface area contributed by atoms with E-state index in [2.05, 4.69) is 10.3 Å². The molecule has 0 aliphatic heterocycles. The van der Waals surface area contributed by atoms with Gasteiger partial charge in [-0.05, 0) is 19.1 Å². The van der Waals surface area contributed by atoms with Gasteiger partial charge in [-0.2, -0.15) is 0 Å². The zero-order valence-electron chi connectivity index (χ0n) is 9.81. The lowest BCUT2D eigenvalue weighted by Crippen LogP contribution is -1.95. The summed E-state index contributed by atoms with van der Waals surface area (Å²) in [6.45, 7) is 2.93. The first-order valence-corrected chi connectivity index (χ1v) is 5.44. The molecule has 0 aliphatic rings. The fourth-order valence-electron chi connectivity index (χ4n) is 1.42. The summed E-state index contributed by atoms with van der Waals surface area (Å²) in [5.41, 5.74) is 1.49. The number of nitro groups is 1. The number of aromatic nitrogens is 3. The van der Waals surface area contributed by atoms with Crippen LogP contribution in [-0.4, -0.2) is 26.5 Å². The Morgan fingerprint density at radius 1 is 1.39 bits per heavy atom. The van der Waals surface area contributed by atoms with E-state index in [1.165, 1.54) is 12.1 Å². The lowest BCUT2D eigenvalue weighted by Gasteiger charge is -1.98. The van der Waals surface area contributed by atoms with Gasteiger partial charge in [0.1, 0.15) is 5.69 Å². The van der Waals surface area contributed by atoms with Crippen LogP contribution in [0.3, 0.4) is 0 Å². The van der Waals surface area contributed by atoms with Crippen molar-refractivity contribution >= 4 is 5.69 Å². The van der Waals surface area contributed by atoms with Crippen LogP contribution in [0.4, 0.5) is 5.69 Å². The maximum Gasteiger partial charge on any atom is 0.269 e. The minimum atomic E-state index is -0.439. The van der Waals surface area contributed by atoms with Crippen LogP contribution in [-0.2, 0) is 11.3 Å². The van der Waals surface area contributed by atoms with Gasteiger partial charge in [0.25, 0.3) is 5.69 Å². The van der Waals surface area contributed by atoms with Crippen molar-refractivity contribution in [3.8, 4) is 5.69 Å². The second-order valence-corrected chi connectivity index (χ2v) is 3.57. The molecule has 1 aromatic carbocycles. The van der Waals surface area contributed by atoms with Crippen molar-refractivity contribution in [3.05, 3.63) is 46.3 Å². The standard InChI is InChI=1S/C11H12N4O3/c1-2-18-8-9-7-14(13-12-9)10-3-5-11(6-4-10)15(16)17/h3-7H,2,8H2,1H3. The molecule has 1 heterocycles. The van der Waals surface area contributed by atoms with Crippen LogP contribution < -0.4 is 0 Å². The van der Waals surface area contributed by atoms with Gasteiger partial charge in [-0.1, -0.05) is 5.21 Å². The molecule has 2 aromatic rings. The molecule has 0 fully saturated rings. The number of nitro benzene ring substituents is 1. The van der Waals surface area contributed by atoms with Crippen LogP contribution >= 0.6 is 0 Å². The minimum Gasteiger partial charge on any atom is -0.375 e. The Bertz CT molecular complexity index is 535. The van der Waals surface area contributed by atoms with E-state index in [0.29, 0.717) is 13.2 Å². The van der Waals surface area contributed by atoms with E-state index >= 15 is 0 Å². The highest BCUT2D eigenvalue weighted by Gasteiger charge is 2.06. The zero-order chi connectivity index (χ0) is 13.0. The minimum absolute atomic E-state index is 0.0494. The lowest BCUT2D eigenvalue weighted by atomic mass is 10.3. The van der Waals surface area contributed by atoms with Crippen molar-refractivity contribution in [3.63, 3.8) is 0 Å². The van der Waals surface area contributed by atoms with E-state index in [9.17, 15) is 10.1 Å². The molecule has 0 saturated heterocycles. The third-order valence-corrected chi connectivity index (χ3v) is 2.32. The predicted octanol–water partition coefficient (Wildman–Crippen LogP) is 1.71. The van der Waals surface area contributed by atoms with Crippen molar-refractivity contribution in [1.29, 1.82) is 0 Å². The number of non-ortho nitro benzene ring substituents is 1. The molecule has 0 N–H and O–H groups in total. The zero-order valence-corrected chi connectivity index (χ0v) is 9.81. The van der Waals surface area contributed by atoms with Gasteiger partial charge in [0, 0.05) is 18.7 Å². The molecular weight excluding hydrogens is 236 g/mol. The summed E-state index contributed by atoms with van der Waals surface area (Å²) in [7, 11) is 0. The highest BCUT2D eigenvalue weighted by Crippen LogP contribution is 2.14. The first kappa shape index (κ1) is 12.2. The molecular formula is C11H12N4O3. The Morgan fingerprint density at radius 2 is 2.11 bits per heavy atom. The van der Waals surface area contributed by atoms with Gasteiger partial charge < -0.3 is 4.74 Å². The molecule has 94 valence electrons. The first-order chi connectivity index (χ1) is 8.70. The molecule has 0 spiro atoms. The Labute approximate surface area is 103 Å². The van der Waals surface area contributed by atoms with Crippen LogP contribution in [0.2, 0.25) is 0 Å². The molecule has 0 aliphatic carbocycles. The molecule has 7 nitrogen and oxygen atoms in total. The van der Waals surface area contributed by atoms with E-state index in [4.69, 9.17) is 4.74 Å². The third kappa shape index (κ3) is 2.69. The smallest absolute Gasteiger partial charge is 0.269 e. The van der Waals surface area contributed by atoms with Gasteiger partial charge in [-0.15, -0.1) is 5.10 Å². The molecule has 0 bridgehead atoms. The van der Waals surface area contributed by atoms with Crippen LogP contribution in [0.1, 0.15) is 12.6 Å². The summed E-state index contributed by atoms with van der Waals surface area (Å²) in [4.78, 5) is 10.1. The van der Waals surface area contributed by atoms with Gasteiger partial charge in [-0.3, -0.25) is 10.1 Å². The van der Waals surface area contributed by atoms with Crippen molar-refractivity contribution in [2.24, 2.45) is 0 Å². The normalized spacial score (nSPS) is 10.5. The van der Waals surface area contributed by atoms with Gasteiger partial charge in [0.2, 0.25) is 0 Å². The molecule has 0 amide bonds. The van der Waals surface area contributed by atoms with Crippen LogP contribution in [0, 0.1) is 10.1 Å². The molecule has 1 aromatic heterocycles. The average molecular weight is 248 g/mol. The maximum absolute atomic E-state index is 10.5. The van der Waals surface area contributed by atoms with E-state index in [-0.39, 0.29) is 5.69 Å². The number of rotatable bonds is 5. The van der Waals surface area contributed by atoms with Crippen LogP contribution in [0.15, 0.2) is 30.5 Å². The maximum atomic E-state index is 10.5. The molecule has 0 saturated carbocycles. The third-order valence-electron chi connectivity index (χ3n) is 2.32. The van der Waals surface area contributed by atoms with Crippen molar-refractivity contribution < 1.29 is 9.66 Å². The van der Waals surface area contributed by atoms with E-state index in [1.807, 2.05) is 6.92 Å². The van der Waals surface area contributed by atoms with Gasteiger partial charge in [0.05, 0.1) is 23.4 Å². The van der Waals surface area contributed by atoms with Crippen molar-refractivity contribution in [1.82, 2.24) is 15.0 Å². The predicted molar refractivity (Wildman–Crippen MR) is 63.3 cm³/mol. The monoisotopic (exact) mass is 248 g/mol. The number of benzene rings is 1. The topological polar surface area (TPSA) is 83.1 Å². The number of ether oxygens (including phenoxy) is 1. The molecule has 0 radical (unpaired) electrons. The highest BCUT2D eigenvalue weighted by molar-refractivity contribution is 5.40. The largest absolute Gasteiger partial charge is 0.375 e. The quantitative estimate of drug-likeness (QED) is 0.594. The molecule has 0 atom stereocenters. The summed E-state index contributed by atoms with van der Waals surface area (Å²) in [6.07, 6.45) is 1.73. The van der Waals surface area contributed by atoms with Gasteiger partial charge in [0.15, 0.2) is 0 Å². The Kier molecular flexibility index (Phi) is 3.63. The number of hydrogen-bond acceptors (Lipinski definition) is 5. The molecule has 7 heteroatoms. The van der Waals surface area contributed by atoms with Gasteiger partial charge >= 0.3 is 0 Å². The van der Waals surface area contributed by atoms with Crippen molar-refractivity contribution in [2.75, 3.05) is 6.61 Å². The lowest BCUT2D eigenvalue weighted by molar-refractivity contribution is -0.384. The first-order valence-electron chi connectivity index (χ1n) is 5.44. The molecule has 0 unspecified atom stereocenters.